The second-order valence-electron chi connectivity index (χ2n) is 1.46. The Hall–Kier alpha value is -0.610. The van der Waals surface area contributed by atoms with E-state index in [1.54, 1.807) is 0 Å². The molecular weight excluding hydrogens is 94.1 g/mol. The highest BCUT2D eigenvalue weighted by molar-refractivity contribution is 5.65. The number of hydroxylamine groups is 1. The summed E-state index contributed by atoms with van der Waals surface area (Å²) in [6.45, 7) is 0.306. The lowest BCUT2D eigenvalue weighted by atomic mass is 10.4. The fraction of sp³-hybridized carbons (Fsp3) is 0.667. The average molecular weight is 100 g/mol. The van der Waals surface area contributed by atoms with Crippen molar-refractivity contribution in [1.82, 2.24) is 5.17 Å². The van der Waals surface area contributed by atoms with Gasteiger partial charge in [0.1, 0.15) is 0 Å². The summed E-state index contributed by atoms with van der Waals surface area (Å²) in [6.07, 6.45) is 1.44. The Labute approximate surface area is 41.2 Å². The third kappa shape index (κ3) is 0.880. The van der Waals surface area contributed by atoms with Crippen LogP contribution in [0.3, 0.4) is 0 Å². The van der Waals surface area contributed by atoms with E-state index in [2.05, 4.69) is 5.10 Å². The first-order valence-electron chi connectivity index (χ1n) is 2.03. The van der Waals surface area contributed by atoms with Crippen molar-refractivity contribution >= 4 is 6.21 Å². The van der Waals surface area contributed by atoms with E-state index in [4.69, 9.17) is 5.73 Å². The largest absolute Gasteiger partial charge is 0.742 e. The average Bonchev–Trinajstić information content (AvgIpc) is 1.87. The lowest BCUT2D eigenvalue weighted by Crippen LogP contribution is -2.25. The number of rotatable bonds is 0. The molecule has 2 N–H and O–H groups in total. The molecule has 4 nitrogen and oxygen atoms in total. The van der Waals surface area contributed by atoms with Crippen LogP contribution in [0.25, 0.3) is 0 Å². The molecule has 1 atom stereocenters. The van der Waals surface area contributed by atoms with Gasteiger partial charge in [-0.15, -0.1) is 0 Å². The highest BCUT2D eigenvalue weighted by Gasteiger charge is 2.03. The summed E-state index contributed by atoms with van der Waals surface area (Å²) in [5, 5.41) is 14.0. The molecule has 40 valence electrons. The number of nitrogens with two attached hydrogens (primary N) is 1. The van der Waals surface area contributed by atoms with Gasteiger partial charge in [-0.1, -0.05) is 0 Å². The molecule has 0 aromatic heterocycles. The van der Waals surface area contributed by atoms with Crippen LogP contribution >= 0.6 is 0 Å². The number of hydrazone groups is 1. The van der Waals surface area contributed by atoms with E-state index in [1.165, 1.54) is 6.21 Å². The van der Waals surface area contributed by atoms with Crippen LogP contribution in [-0.2, 0) is 0 Å². The predicted molar refractivity (Wildman–Crippen MR) is 26.5 cm³/mol. The minimum Gasteiger partial charge on any atom is -0.742 e. The molecule has 0 aromatic carbocycles. The quantitative estimate of drug-likeness (QED) is 0.429. The van der Waals surface area contributed by atoms with E-state index in [0.29, 0.717) is 11.7 Å². The normalized spacial score (nSPS) is 29.4. The van der Waals surface area contributed by atoms with Gasteiger partial charge in [0.25, 0.3) is 0 Å². The van der Waals surface area contributed by atoms with E-state index in [-0.39, 0.29) is 6.04 Å². The minimum absolute atomic E-state index is 0.155. The topological polar surface area (TPSA) is 64.7 Å². The molecule has 1 unspecified atom stereocenters. The van der Waals surface area contributed by atoms with Crippen LogP contribution in [0.4, 0.5) is 0 Å². The number of hydrogen-bond acceptors (Lipinski definition) is 4. The van der Waals surface area contributed by atoms with Gasteiger partial charge in [-0.05, 0) is 0 Å². The Morgan fingerprint density at radius 2 is 2.71 bits per heavy atom. The van der Waals surface area contributed by atoms with Gasteiger partial charge < -0.3 is 16.1 Å². The third-order valence-corrected chi connectivity index (χ3v) is 0.754. The predicted octanol–water partition coefficient (Wildman–Crippen LogP) is -0.887. The van der Waals surface area contributed by atoms with Crippen molar-refractivity contribution in [3.63, 3.8) is 0 Å². The molecule has 4 heteroatoms. The van der Waals surface area contributed by atoms with Gasteiger partial charge in [-0.3, -0.25) is 0 Å². The van der Waals surface area contributed by atoms with Crippen LogP contribution in [-0.4, -0.2) is 24.0 Å². The highest BCUT2D eigenvalue weighted by Crippen LogP contribution is 1.93. The molecule has 0 bridgehead atoms. The van der Waals surface area contributed by atoms with Gasteiger partial charge in [-0.2, -0.15) is 5.10 Å². The summed E-state index contributed by atoms with van der Waals surface area (Å²) in [5.41, 5.74) is 5.23. The van der Waals surface area contributed by atoms with Crippen molar-refractivity contribution in [2.75, 3.05) is 6.54 Å². The van der Waals surface area contributed by atoms with Gasteiger partial charge >= 0.3 is 0 Å². The zero-order valence-electron chi connectivity index (χ0n) is 3.74. The summed E-state index contributed by atoms with van der Waals surface area (Å²) in [7, 11) is 0. The smallest absolute Gasteiger partial charge is 0.0602 e. The van der Waals surface area contributed by atoms with Gasteiger partial charge in [0.2, 0.25) is 0 Å². The first-order chi connectivity index (χ1) is 3.29. The van der Waals surface area contributed by atoms with E-state index >= 15 is 0 Å². The Morgan fingerprint density at radius 1 is 2.00 bits per heavy atom. The summed E-state index contributed by atoms with van der Waals surface area (Å²) in [6, 6.07) is -0.155. The van der Waals surface area contributed by atoms with Crippen LogP contribution in [0.1, 0.15) is 0 Å². The zero-order valence-corrected chi connectivity index (χ0v) is 3.74. The molecule has 1 aliphatic heterocycles. The SMILES string of the molecule is NC1C=NN([O-])C1. The maximum absolute atomic E-state index is 10.1. The first kappa shape index (κ1) is 4.55. The van der Waals surface area contributed by atoms with E-state index in [0.717, 1.165) is 0 Å². The fourth-order valence-electron chi connectivity index (χ4n) is 0.435. The molecule has 0 amide bonds. The lowest BCUT2D eigenvalue weighted by molar-refractivity contribution is 0.429. The van der Waals surface area contributed by atoms with Crippen molar-refractivity contribution in [2.45, 2.75) is 6.04 Å². The van der Waals surface area contributed by atoms with E-state index in [1.807, 2.05) is 0 Å². The van der Waals surface area contributed by atoms with Crippen LogP contribution in [0.5, 0.6) is 0 Å². The van der Waals surface area contributed by atoms with Crippen molar-refractivity contribution in [3.8, 4) is 0 Å². The molecule has 1 rings (SSSR count). The number of nitrogens with zero attached hydrogens (tertiary/aromatic N) is 2. The second-order valence-corrected chi connectivity index (χ2v) is 1.46. The molecule has 0 saturated heterocycles. The highest BCUT2D eigenvalue weighted by atomic mass is 16.5. The van der Waals surface area contributed by atoms with Crippen LogP contribution in [0, 0.1) is 5.21 Å². The van der Waals surface area contributed by atoms with E-state index in [9.17, 15) is 5.21 Å². The van der Waals surface area contributed by atoms with Crippen LogP contribution in [0.2, 0.25) is 0 Å². The Kier molecular flexibility index (Phi) is 0.958. The van der Waals surface area contributed by atoms with Gasteiger partial charge in [0.15, 0.2) is 0 Å². The summed E-state index contributed by atoms with van der Waals surface area (Å²) in [4.78, 5) is 0. The summed E-state index contributed by atoms with van der Waals surface area (Å²) in [5.74, 6) is 0. The fourth-order valence-corrected chi connectivity index (χ4v) is 0.435. The molecule has 0 radical (unpaired) electrons. The Morgan fingerprint density at radius 3 is 2.86 bits per heavy atom. The van der Waals surface area contributed by atoms with E-state index < -0.39 is 0 Å². The molecule has 0 aromatic rings. The van der Waals surface area contributed by atoms with Crippen LogP contribution < -0.4 is 5.73 Å². The standard InChI is InChI=1S/C3H6N3O/c4-3-1-5-6(7)2-3/h1,3H,2,4H2/q-1. The van der Waals surface area contributed by atoms with Crippen LogP contribution in [0.15, 0.2) is 5.10 Å². The molecule has 0 saturated carbocycles. The maximum Gasteiger partial charge on any atom is 0.0602 e. The molecule has 1 aliphatic rings. The molecule has 1 heterocycles. The van der Waals surface area contributed by atoms with Gasteiger partial charge in [-0.25, -0.2) is 0 Å². The molecule has 0 aliphatic carbocycles. The second kappa shape index (κ2) is 1.48. The Balaban J connectivity index is 2.42. The van der Waals surface area contributed by atoms with Crippen molar-refractivity contribution in [2.24, 2.45) is 10.8 Å². The summed E-state index contributed by atoms with van der Waals surface area (Å²) < 4.78 is 0. The molecular formula is C3H6N3O-. The van der Waals surface area contributed by atoms with Gasteiger partial charge in [0.05, 0.1) is 6.04 Å². The third-order valence-electron chi connectivity index (χ3n) is 0.754. The molecule has 7 heavy (non-hydrogen) atoms. The molecule has 0 spiro atoms. The first-order valence-corrected chi connectivity index (χ1v) is 2.03. The lowest BCUT2D eigenvalue weighted by Gasteiger charge is -2.18. The zero-order chi connectivity index (χ0) is 5.28. The van der Waals surface area contributed by atoms with Crippen molar-refractivity contribution in [3.05, 3.63) is 5.21 Å². The van der Waals surface area contributed by atoms with Gasteiger partial charge in [0, 0.05) is 12.8 Å². The summed E-state index contributed by atoms with van der Waals surface area (Å²) >= 11 is 0. The number of hydrogen-bond donors (Lipinski definition) is 1. The molecule has 0 fully saturated rings. The van der Waals surface area contributed by atoms with Crippen molar-refractivity contribution < 1.29 is 0 Å². The monoisotopic (exact) mass is 100 g/mol. The maximum atomic E-state index is 10.1. The minimum atomic E-state index is -0.155. The Bertz CT molecular complexity index is 82.2. The van der Waals surface area contributed by atoms with Crippen molar-refractivity contribution in [1.29, 1.82) is 0 Å².